The summed E-state index contributed by atoms with van der Waals surface area (Å²) in [6, 6.07) is 8.04. The van der Waals surface area contributed by atoms with Gasteiger partial charge in [-0.1, -0.05) is 29.8 Å². The van der Waals surface area contributed by atoms with Gasteiger partial charge < -0.3 is 5.32 Å². The zero-order chi connectivity index (χ0) is 14.7. The van der Waals surface area contributed by atoms with Gasteiger partial charge in [0.2, 0.25) is 5.91 Å². The second kappa shape index (κ2) is 5.90. The summed E-state index contributed by atoms with van der Waals surface area (Å²) < 4.78 is 1.84. The van der Waals surface area contributed by atoms with Crippen molar-refractivity contribution in [3.05, 3.63) is 52.3 Å². The summed E-state index contributed by atoms with van der Waals surface area (Å²) in [5.74, 6) is 0.0384. The molecule has 0 atom stereocenters. The van der Waals surface area contributed by atoms with E-state index in [1.54, 1.807) is 0 Å². The Morgan fingerprint density at radius 3 is 2.40 bits per heavy atom. The van der Waals surface area contributed by atoms with Crippen LogP contribution < -0.4 is 5.32 Å². The third-order valence-electron chi connectivity index (χ3n) is 3.61. The Morgan fingerprint density at radius 2 is 1.85 bits per heavy atom. The number of carbonyl (C=O) groups excluding carboxylic acids is 1. The molecule has 20 heavy (non-hydrogen) atoms. The van der Waals surface area contributed by atoms with Crippen LogP contribution in [0, 0.1) is 20.8 Å². The molecule has 0 aliphatic heterocycles. The third kappa shape index (κ3) is 3.26. The van der Waals surface area contributed by atoms with Gasteiger partial charge in [0.15, 0.2) is 0 Å². The van der Waals surface area contributed by atoms with Crippen molar-refractivity contribution in [3.63, 3.8) is 0 Å². The Balaban J connectivity index is 1.94. The molecule has 0 spiro atoms. The molecule has 106 valence electrons. The molecule has 0 aliphatic carbocycles. The summed E-state index contributed by atoms with van der Waals surface area (Å²) in [4.78, 5) is 12.0. The maximum absolute atomic E-state index is 12.0. The smallest absolute Gasteiger partial charge is 0.224 e. The standard InChI is InChI=1S/C16H21N3O/c1-11-5-7-14(8-6-11)9-16(20)17-10-15-12(2)18-19(4)13(15)3/h5-8H,9-10H2,1-4H3,(H,17,20). The minimum Gasteiger partial charge on any atom is -0.352 e. The van der Waals surface area contributed by atoms with Crippen LogP contribution in [-0.4, -0.2) is 15.7 Å². The topological polar surface area (TPSA) is 46.9 Å². The largest absolute Gasteiger partial charge is 0.352 e. The predicted molar refractivity (Wildman–Crippen MR) is 79.4 cm³/mol. The summed E-state index contributed by atoms with van der Waals surface area (Å²) in [5, 5.41) is 7.31. The lowest BCUT2D eigenvalue weighted by Gasteiger charge is -2.06. The van der Waals surface area contributed by atoms with Crippen LogP contribution in [0.5, 0.6) is 0 Å². The van der Waals surface area contributed by atoms with Crippen molar-refractivity contribution in [3.8, 4) is 0 Å². The first-order chi connectivity index (χ1) is 9.47. The van der Waals surface area contributed by atoms with Gasteiger partial charge in [0, 0.05) is 24.8 Å². The normalized spacial score (nSPS) is 10.6. The molecule has 0 saturated carbocycles. The minimum atomic E-state index is 0.0384. The van der Waals surface area contributed by atoms with Gasteiger partial charge in [-0.25, -0.2) is 0 Å². The fourth-order valence-electron chi connectivity index (χ4n) is 2.21. The lowest BCUT2D eigenvalue weighted by Crippen LogP contribution is -2.25. The van der Waals surface area contributed by atoms with E-state index < -0.39 is 0 Å². The molecule has 0 bridgehead atoms. The molecule has 0 radical (unpaired) electrons. The highest BCUT2D eigenvalue weighted by Gasteiger charge is 2.10. The van der Waals surface area contributed by atoms with Crippen LogP contribution in [0.4, 0.5) is 0 Å². The molecule has 4 heteroatoms. The van der Waals surface area contributed by atoms with E-state index in [0.717, 1.165) is 22.5 Å². The number of aromatic nitrogens is 2. The second-order valence-corrected chi connectivity index (χ2v) is 5.21. The number of aryl methyl sites for hydroxylation is 3. The quantitative estimate of drug-likeness (QED) is 0.926. The van der Waals surface area contributed by atoms with Crippen molar-refractivity contribution in [2.24, 2.45) is 7.05 Å². The summed E-state index contributed by atoms with van der Waals surface area (Å²) in [6.45, 7) is 6.56. The molecule has 1 N–H and O–H groups in total. The first-order valence-corrected chi connectivity index (χ1v) is 6.78. The first-order valence-electron chi connectivity index (χ1n) is 6.78. The molecule has 1 aromatic heterocycles. The van der Waals surface area contributed by atoms with Crippen molar-refractivity contribution in [2.45, 2.75) is 33.7 Å². The van der Waals surface area contributed by atoms with Crippen LogP contribution in [0.25, 0.3) is 0 Å². The van der Waals surface area contributed by atoms with Gasteiger partial charge >= 0.3 is 0 Å². The lowest BCUT2D eigenvalue weighted by molar-refractivity contribution is -0.120. The van der Waals surface area contributed by atoms with Crippen LogP contribution in [0.1, 0.15) is 28.1 Å². The van der Waals surface area contributed by atoms with E-state index in [1.807, 2.05) is 56.8 Å². The molecule has 0 saturated heterocycles. The van der Waals surface area contributed by atoms with Gasteiger partial charge in [-0.3, -0.25) is 9.48 Å². The molecule has 0 fully saturated rings. The zero-order valence-corrected chi connectivity index (χ0v) is 12.5. The van der Waals surface area contributed by atoms with Crippen molar-refractivity contribution in [2.75, 3.05) is 0 Å². The second-order valence-electron chi connectivity index (χ2n) is 5.21. The Hall–Kier alpha value is -2.10. The fourth-order valence-corrected chi connectivity index (χ4v) is 2.21. The van der Waals surface area contributed by atoms with Crippen molar-refractivity contribution in [1.82, 2.24) is 15.1 Å². The van der Waals surface area contributed by atoms with Crippen molar-refractivity contribution in [1.29, 1.82) is 0 Å². The molecule has 1 heterocycles. The molecule has 1 amide bonds. The van der Waals surface area contributed by atoms with Gasteiger partial charge in [0.05, 0.1) is 12.1 Å². The van der Waals surface area contributed by atoms with Crippen LogP contribution in [0.3, 0.4) is 0 Å². The van der Waals surface area contributed by atoms with E-state index in [9.17, 15) is 4.79 Å². The number of nitrogens with one attached hydrogen (secondary N) is 1. The number of carbonyl (C=O) groups is 1. The number of hydrogen-bond donors (Lipinski definition) is 1. The summed E-state index contributed by atoms with van der Waals surface area (Å²) >= 11 is 0. The van der Waals surface area contributed by atoms with Crippen LogP contribution in [0.15, 0.2) is 24.3 Å². The Bertz CT molecular complexity index is 611. The van der Waals surface area contributed by atoms with E-state index >= 15 is 0 Å². The number of rotatable bonds is 4. The highest BCUT2D eigenvalue weighted by atomic mass is 16.1. The minimum absolute atomic E-state index is 0.0384. The maximum atomic E-state index is 12.0. The molecule has 0 unspecified atom stereocenters. The van der Waals surface area contributed by atoms with E-state index in [2.05, 4.69) is 10.4 Å². The Morgan fingerprint density at radius 1 is 1.20 bits per heavy atom. The average Bonchev–Trinajstić information content (AvgIpc) is 2.64. The van der Waals surface area contributed by atoms with Crippen molar-refractivity contribution >= 4 is 5.91 Å². The zero-order valence-electron chi connectivity index (χ0n) is 12.5. The fraction of sp³-hybridized carbons (Fsp3) is 0.375. The number of hydrogen-bond acceptors (Lipinski definition) is 2. The summed E-state index contributed by atoms with van der Waals surface area (Å²) in [5.41, 5.74) is 5.41. The predicted octanol–water partition coefficient (Wildman–Crippen LogP) is 2.20. The van der Waals surface area contributed by atoms with E-state index in [1.165, 1.54) is 5.56 Å². The molecule has 2 aromatic rings. The van der Waals surface area contributed by atoms with Crippen LogP contribution in [0.2, 0.25) is 0 Å². The number of benzene rings is 1. The molecule has 1 aromatic carbocycles. The van der Waals surface area contributed by atoms with E-state index in [-0.39, 0.29) is 5.91 Å². The van der Waals surface area contributed by atoms with Gasteiger partial charge in [-0.15, -0.1) is 0 Å². The monoisotopic (exact) mass is 271 g/mol. The van der Waals surface area contributed by atoms with Gasteiger partial charge in [0.25, 0.3) is 0 Å². The first kappa shape index (κ1) is 14.3. The van der Waals surface area contributed by atoms with Gasteiger partial charge in [-0.2, -0.15) is 5.10 Å². The lowest BCUT2D eigenvalue weighted by atomic mass is 10.1. The van der Waals surface area contributed by atoms with Crippen LogP contribution in [-0.2, 0) is 24.8 Å². The molecule has 2 rings (SSSR count). The molecular weight excluding hydrogens is 250 g/mol. The Kier molecular flexibility index (Phi) is 4.23. The highest BCUT2D eigenvalue weighted by molar-refractivity contribution is 5.78. The molecule has 0 aliphatic rings. The molecule has 4 nitrogen and oxygen atoms in total. The maximum Gasteiger partial charge on any atom is 0.224 e. The van der Waals surface area contributed by atoms with Gasteiger partial charge in [-0.05, 0) is 26.3 Å². The molecular formula is C16H21N3O. The average molecular weight is 271 g/mol. The number of amides is 1. The SMILES string of the molecule is Cc1ccc(CC(=O)NCc2c(C)nn(C)c2C)cc1. The number of nitrogens with zero attached hydrogens (tertiary/aromatic N) is 2. The van der Waals surface area contributed by atoms with E-state index in [0.29, 0.717) is 13.0 Å². The van der Waals surface area contributed by atoms with Crippen LogP contribution >= 0.6 is 0 Å². The van der Waals surface area contributed by atoms with E-state index in [4.69, 9.17) is 0 Å². The van der Waals surface area contributed by atoms with Crippen molar-refractivity contribution < 1.29 is 4.79 Å². The summed E-state index contributed by atoms with van der Waals surface area (Å²) in [7, 11) is 1.92. The third-order valence-corrected chi connectivity index (χ3v) is 3.61. The highest BCUT2D eigenvalue weighted by Crippen LogP contribution is 2.11. The van der Waals surface area contributed by atoms with Gasteiger partial charge in [0.1, 0.15) is 0 Å². The summed E-state index contributed by atoms with van der Waals surface area (Å²) in [6.07, 6.45) is 0.415. The Labute approximate surface area is 119 Å².